The van der Waals surface area contributed by atoms with Gasteiger partial charge in [0, 0.05) is 12.8 Å². The minimum Gasteiger partial charge on any atom is -0.456 e. The normalized spacial score (nSPS) is 13.9. The summed E-state index contributed by atoms with van der Waals surface area (Å²) in [5, 5.41) is 3.06. The number of allylic oxidation sites excluding steroid dienone is 7. The number of ether oxygens (including phenoxy) is 1. The van der Waals surface area contributed by atoms with Gasteiger partial charge in [0.05, 0.1) is 33.8 Å². The number of amides is 1. The van der Waals surface area contributed by atoms with E-state index in [1.54, 1.807) is 0 Å². The highest BCUT2D eigenvalue weighted by Crippen LogP contribution is 2.43. The van der Waals surface area contributed by atoms with Crippen molar-refractivity contribution in [3.63, 3.8) is 0 Å². The summed E-state index contributed by atoms with van der Waals surface area (Å²) in [5.41, 5.74) is 0. The van der Waals surface area contributed by atoms with E-state index in [-0.39, 0.29) is 25.1 Å². The fourth-order valence-corrected chi connectivity index (χ4v) is 10.7. The first-order chi connectivity index (χ1) is 38.4. The van der Waals surface area contributed by atoms with Crippen LogP contribution in [0.5, 0.6) is 0 Å². The zero-order chi connectivity index (χ0) is 57.9. The third-order valence-corrected chi connectivity index (χ3v) is 16.2. The smallest absolute Gasteiger partial charge is 0.456 e. The van der Waals surface area contributed by atoms with Gasteiger partial charge in [-0.2, -0.15) is 0 Å². The number of phosphoric acid groups is 1. The van der Waals surface area contributed by atoms with Crippen molar-refractivity contribution in [1.29, 1.82) is 0 Å². The minimum absolute atomic E-state index is 0.0406. The van der Waals surface area contributed by atoms with E-state index in [4.69, 9.17) is 13.8 Å². The highest BCUT2D eigenvalue weighted by molar-refractivity contribution is 7.47. The summed E-state index contributed by atoms with van der Waals surface area (Å²) in [4.78, 5) is 37.8. The number of unbranched alkanes of at least 4 members (excludes halogenated alkanes) is 40. The van der Waals surface area contributed by atoms with Crippen molar-refractivity contribution < 1.29 is 37.3 Å². The van der Waals surface area contributed by atoms with E-state index in [9.17, 15) is 19.0 Å². The van der Waals surface area contributed by atoms with Gasteiger partial charge < -0.3 is 19.4 Å². The van der Waals surface area contributed by atoms with Gasteiger partial charge in [-0.25, -0.2) is 4.57 Å². The van der Waals surface area contributed by atoms with Crippen molar-refractivity contribution in [1.82, 2.24) is 5.32 Å². The number of nitrogens with one attached hydrogen (secondary N) is 1. The van der Waals surface area contributed by atoms with Crippen LogP contribution in [0.4, 0.5) is 0 Å². The Bertz CT molecular complexity index is 1490. The van der Waals surface area contributed by atoms with Gasteiger partial charge in [0.2, 0.25) is 5.91 Å². The molecule has 0 rings (SSSR count). The van der Waals surface area contributed by atoms with Crippen LogP contribution in [0.3, 0.4) is 0 Å². The topological polar surface area (TPSA) is 111 Å². The highest BCUT2D eigenvalue weighted by atomic mass is 31.2. The van der Waals surface area contributed by atoms with Crippen LogP contribution in [0.1, 0.15) is 329 Å². The number of phosphoric ester groups is 1. The van der Waals surface area contributed by atoms with Crippen LogP contribution in [-0.2, 0) is 27.9 Å². The molecule has 0 aliphatic heterocycles. The Morgan fingerprint density at radius 2 is 0.772 bits per heavy atom. The maximum absolute atomic E-state index is 13.6. The summed E-state index contributed by atoms with van der Waals surface area (Å²) in [6.07, 6.45) is 74.0. The number of quaternary nitrogens is 1. The maximum Gasteiger partial charge on any atom is 0.472 e. The Kier molecular flexibility index (Phi) is 57.6. The van der Waals surface area contributed by atoms with E-state index < -0.39 is 20.0 Å². The molecule has 1 amide bonds. The fourth-order valence-electron chi connectivity index (χ4n) is 9.97. The van der Waals surface area contributed by atoms with Gasteiger partial charge in [-0.1, -0.05) is 275 Å². The molecule has 0 bridgehead atoms. The van der Waals surface area contributed by atoms with Crippen molar-refractivity contribution in [2.24, 2.45) is 0 Å². The second kappa shape index (κ2) is 59.1. The van der Waals surface area contributed by atoms with Crippen LogP contribution < -0.4 is 5.32 Å². The molecule has 0 aromatic rings. The molecular weight excluding hydrogens is 1000 g/mol. The third-order valence-electron chi connectivity index (χ3n) is 15.2. The Balaban J connectivity index is 5.03. The molecule has 10 heteroatoms. The predicted octanol–water partition coefficient (Wildman–Crippen LogP) is 21.2. The average Bonchev–Trinajstić information content (AvgIpc) is 3.41. The standard InChI is InChI=1S/C69H131N2O7P/c1-7-10-13-16-19-22-25-27-29-31-32-33-34-35-36-37-38-40-42-44-47-50-53-56-59-62-69(73)78-67(60-57-54-51-48-45-24-21-18-15-12-9-3)66(65-77-79(74,75)76-64-63-71(4,5)6)70-68(72)61-58-55-52-49-46-43-41-39-30-28-26-23-20-17-14-11-8-2/h19,22,27-30,57,60,66-67H,7-18,20-21,23-26,31-56,58-59,61-65H2,1-6H3,(H-,70,72,74,75)/p+1/b22-19-,29-27-,30-28+,60-57-. The average molecular weight is 1130 g/mol. The van der Waals surface area contributed by atoms with Crippen LogP contribution in [0.25, 0.3) is 0 Å². The van der Waals surface area contributed by atoms with Gasteiger partial charge in [-0.05, 0) is 89.5 Å². The minimum atomic E-state index is -4.45. The molecule has 79 heavy (non-hydrogen) atoms. The Hall–Kier alpha value is -2.03. The molecule has 464 valence electrons. The van der Waals surface area contributed by atoms with Crippen LogP contribution in [-0.4, -0.2) is 74.3 Å². The lowest BCUT2D eigenvalue weighted by Gasteiger charge is -2.27. The number of esters is 1. The second-order valence-electron chi connectivity index (χ2n) is 24.3. The molecule has 0 saturated carbocycles. The van der Waals surface area contributed by atoms with E-state index in [0.29, 0.717) is 23.9 Å². The van der Waals surface area contributed by atoms with E-state index in [2.05, 4.69) is 62.5 Å². The van der Waals surface area contributed by atoms with Crippen molar-refractivity contribution in [3.05, 3.63) is 48.6 Å². The summed E-state index contributed by atoms with van der Waals surface area (Å²) in [5.74, 6) is -0.498. The van der Waals surface area contributed by atoms with Crippen LogP contribution in [0.15, 0.2) is 48.6 Å². The number of hydrogen-bond donors (Lipinski definition) is 2. The van der Waals surface area contributed by atoms with Gasteiger partial charge in [-0.15, -0.1) is 0 Å². The molecule has 2 N–H and O–H groups in total. The number of nitrogens with zero attached hydrogens (tertiary/aromatic N) is 1. The quantitative estimate of drug-likeness (QED) is 0.0205. The molecule has 3 atom stereocenters. The number of likely N-dealkylation sites (N-methyl/N-ethyl adjacent to an activating group) is 1. The largest absolute Gasteiger partial charge is 0.472 e. The lowest BCUT2D eigenvalue weighted by Crippen LogP contribution is -2.47. The second-order valence-corrected chi connectivity index (χ2v) is 25.8. The molecule has 0 aromatic carbocycles. The fraction of sp³-hybridized carbons (Fsp3) is 0.855. The first-order valence-corrected chi connectivity index (χ1v) is 35.5. The van der Waals surface area contributed by atoms with Gasteiger partial charge in [0.1, 0.15) is 19.3 Å². The van der Waals surface area contributed by atoms with Gasteiger partial charge >= 0.3 is 13.8 Å². The summed E-state index contributed by atoms with van der Waals surface area (Å²) in [6.45, 7) is 7.01. The Morgan fingerprint density at radius 3 is 1.18 bits per heavy atom. The van der Waals surface area contributed by atoms with E-state index in [1.165, 1.54) is 225 Å². The molecule has 9 nitrogen and oxygen atoms in total. The Labute approximate surface area is 490 Å². The van der Waals surface area contributed by atoms with E-state index >= 15 is 0 Å². The molecule has 0 saturated heterocycles. The zero-order valence-corrected chi connectivity index (χ0v) is 54.0. The van der Waals surface area contributed by atoms with E-state index in [0.717, 1.165) is 70.6 Å². The van der Waals surface area contributed by atoms with Crippen molar-refractivity contribution in [2.45, 2.75) is 341 Å². The lowest BCUT2D eigenvalue weighted by molar-refractivity contribution is -0.870. The molecule has 0 aromatic heterocycles. The maximum atomic E-state index is 13.6. The summed E-state index contributed by atoms with van der Waals surface area (Å²) in [7, 11) is 1.50. The first-order valence-electron chi connectivity index (χ1n) is 34.0. The van der Waals surface area contributed by atoms with Crippen molar-refractivity contribution in [2.75, 3.05) is 40.9 Å². The molecule has 0 aliphatic carbocycles. The van der Waals surface area contributed by atoms with E-state index in [1.807, 2.05) is 33.3 Å². The third kappa shape index (κ3) is 60.4. The molecule has 3 unspecified atom stereocenters. The molecule has 0 aliphatic rings. The van der Waals surface area contributed by atoms with Crippen LogP contribution in [0.2, 0.25) is 0 Å². The van der Waals surface area contributed by atoms with Gasteiger partial charge in [-0.3, -0.25) is 18.6 Å². The SMILES string of the molecule is CCCCC/C=C\C/C=C\CCCCCCCCCCCCCCCCCC(=O)OC(/C=C\CCCCCCCCCCC)C(COP(=O)(O)OCC[N+](C)(C)C)NC(=O)CCCCCCCCC/C=C/CCCCCCCC. The van der Waals surface area contributed by atoms with Crippen LogP contribution in [0, 0.1) is 0 Å². The van der Waals surface area contributed by atoms with Crippen molar-refractivity contribution >= 4 is 19.7 Å². The molecular formula is C69H132N2O7P+. The Morgan fingerprint density at radius 1 is 0.443 bits per heavy atom. The van der Waals surface area contributed by atoms with Gasteiger partial charge in [0.25, 0.3) is 0 Å². The summed E-state index contributed by atoms with van der Waals surface area (Å²) >= 11 is 0. The number of rotatable bonds is 62. The first kappa shape index (κ1) is 77.0. The molecule has 0 fully saturated rings. The van der Waals surface area contributed by atoms with Gasteiger partial charge in [0.15, 0.2) is 0 Å². The lowest BCUT2D eigenvalue weighted by atomic mass is 10.0. The molecule has 0 spiro atoms. The number of carbonyl (C=O) groups is 2. The summed E-state index contributed by atoms with van der Waals surface area (Å²) < 4.78 is 30.8. The highest BCUT2D eigenvalue weighted by Gasteiger charge is 2.30. The zero-order valence-electron chi connectivity index (χ0n) is 53.1. The number of carbonyl (C=O) groups excluding carboxylic acids is 2. The monoisotopic (exact) mass is 1130 g/mol. The molecule has 0 heterocycles. The number of hydrogen-bond acceptors (Lipinski definition) is 6. The molecule has 0 radical (unpaired) electrons. The summed E-state index contributed by atoms with van der Waals surface area (Å²) in [6, 6.07) is -0.849. The predicted molar refractivity (Wildman–Crippen MR) is 342 cm³/mol. The van der Waals surface area contributed by atoms with Crippen molar-refractivity contribution in [3.8, 4) is 0 Å². The van der Waals surface area contributed by atoms with Crippen LogP contribution >= 0.6 is 7.82 Å².